The summed E-state index contributed by atoms with van der Waals surface area (Å²) in [5.74, 6) is 1.37. The smallest absolute Gasteiger partial charge is 0.317 e. The van der Waals surface area contributed by atoms with Crippen molar-refractivity contribution in [3.8, 4) is 0 Å². The van der Waals surface area contributed by atoms with Gasteiger partial charge in [-0.2, -0.15) is 0 Å². The molecule has 1 aliphatic heterocycles. The van der Waals surface area contributed by atoms with E-state index >= 15 is 0 Å². The van der Waals surface area contributed by atoms with E-state index in [2.05, 4.69) is 20.8 Å². The van der Waals surface area contributed by atoms with Gasteiger partial charge in [0.2, 0.25) is 0 Å². The van der Waals surface area contributed by atoms with Crippen LogP contribution in [-0.2, 0) is 11.3 Å². The summed E-state index contributed by atoms with van der Waals surface area (Å²) in [6.07, 6.45) is 4.99. The van der Waals surface area contributed by atoms with Crippen molar-refractivity contribution in [2.75, 3.05) is 13.1 Å². The Balaban J connectivity index is 1.33. The highest BCUT2D eigenvalue weighted by Gasteiger charge is 2.38. The molecule has 8 heteroatoms. The van der Waals surface area contributed by atoms with Gasteiger partial charge in [-0.25, -0.2) is 9.48 Å². The van der Waals surface area contributed by atoms with Crippen LogP contribution in [0.1, 0.15) is 44.5 Å². The molecule has 8 nitrogen and oxygen atoms in total. The second-order valence-electron chi connectivity index (χ2n) is 6.66. The maximum atomic E-state index is 12.4. The second-order valence-corrected chi connectivity index (χ2v) is 6.66. The van der Waals surface area contributed by atoms with Crippen molar-refractivity contribution >= 4 is 6.03 Å². The lowest BCUT2D eigenvalue weighted by Gasteiger charge is -2.36. The van der Waals surface area contributed by atoms with Gasteiger partial charge in [-0.1, -0.05) is 0 Å². The summed E-state index contributed by atoms with van der Waals surface area (Å²) in [6.45, 7) is 3.74. The predicted octanol–water partition coefficient (Wildman–Crippen LogP) is 0.717. The number of nitrogens with zero attached hydrogens (tertiary/aromatic N) is 5. The third-order valence-corrected chi connectivity index (χ3v) is 4.57. The standard InChI is InChI=1S/C14H22N6O2/c1-9-7-19(8-12(22-9)10-2-3-10)14(21)15-6-13-16-17-18-20(13)11-4-5-11/h9-12H,2-8H2,1H3,(H,15,21). The molecule has 3 fully saturated rings. The molecule has 0 bridgehead atoms. The van der Waals surface area contributed by atoms with E-state index < -0.39 is 0 Å². The van der Waals surface area contributed by atoms with Crippen molar-refractivity contribution in [2.24, 2.45) is 5.92 Å². The lowest BCUT2D eigenvalue weighted by atomic mass is 10.1. The highest BCUT2D eigenvalue weighted by Crippen LogP contribution is 2.36. The number of hydrogen-bond acceptors (Lipinski definition) is 5. The molecular weight excluding hydrogens is 284 g/mol. The van der Waals surface area contributed by atoms with Crippen LogP contribution >= 0.6 is 0 Å². The minimum atomic E-state index is -0.0499. The van der Waals surface area contributed by atoms with Crippen LogP contribution < -0.4 is 5.32 Å². The molecule has 2 aliphatic carbocycles. The number of ether oxygens (including phenoxy) is 1. The van der Waals surface area contributed by atoms with E-state index in [9.17, 15) is 4.79 Å². The molecular formula is C14H22N6O2. The number of tetrazole rings is 1. The van der Waals surface area contributed by atoms with E-state index in [1.807, 2.05) is 16.5 Å². The molecule has 120 valence electrons. The Bertz CT molecular complexity index is 553. The number of rotatable bonds is 4. The van der Waals surface area contributed by atoms with Gasteiger partial charge in [0.25, 0.3) is 0 Å². The number of morpholine rings is 1. The molecule has 2 amide bonds. The van der Waals surface area contributed by atoms with E-state index in [-0.39, 0.29) is 18.2 Å². The zero-order valence-corrected chi connectivity index (χ0v) is 12.8. The van der Waals surface area contributed by atoms with Crippen LogP contribution in [0, 0.1) is 5.92 Å². The number of carbonyl (C=O) groups is 1. The van der Waals surface area contributed by atoms with Crippen molar-refractivity contribution in [3.05, 3.63) is 5.82 Å². The SMILES string of the molecule is CC1CN(C(=O)NCc2nnnn2C2CC2)CC(C2CC2)O1. The van der Waals surface area contributed by atoms with Crippen LogP contribution in [0.4, 0.5) is 4.79 Å². The van der Waals surface area contributed by atoms with Gasteiger partial charge in [0.1, 0.15) is 0 Å². The first-order valence-electron chi connectivity index (χ1n) is 8.15. The number of carbonyl (C=O) groups excluding carboxylic acids is 1. The largest absolute Gasteiger partial charge is 0.371 e. The molecule has 2 unspecified atom stereocenters. The first-order chi connectivity index (χ1) is 10.7. The van der Waals surface area contributed by atoms with Gasteiger partial charge in [-0.15, -0.1) is 5.10 Å². The van der Waals surface area contributed by atoms with Gasteiger partial charge in [-0.3, -0.25) is 0 Å². The van der Waals surface area contributed by atoms with Gasteiger partial charge < -0.3 is 15.0 Å². The molecule has 1 aromatic heterocycles. The van der Waals surface area contributed by atoms with Crippen LogP contribution in [0.2, 0.25) is 0 Å². The molecule has 2 heterocycles. The molecule has 1 saturated heterocycles. The fourth-order valence-electron chi connectivity index (χ4n) is 3.08. The highest BCUT2D eigenvalue weighted by atomic mass is 16.5. The third-order valence-electron chi connectivity index (χ3n) is 4.57. The van der Waals surface area contributed by atoms with Crippen LogP contribution in [-0.4, -0.2) is 56.4 Å². The van der Waals surface area contributed by atoms with Crippen molar-refractivity contribution in [3.63, 3.8) is 0 Å². The molecule has 3 aliphatic rings. The minimum Gasteiger partial charge on any atom is -0.371 e. The van der Waals surface area contributed by atoms with E-state index in [0.29, 0.717) is 31.6 Å². The Labute approximate surface area is 129 Å². The molecule has 0 aromatic carbocycles. The van der Waals surface area contributed by atoms with E-state index in [1.54, 1.807) is 0 Å². The van der Waals surface area contributed by atoms with Crippen molar-refractivity contribution in [1.29, 1.82) is 0 Å². The van der Waals surface area contributed by atoms with Gasteiger partial charge in [0, 0.05) is 13.1 Å². The Morgan fingerprint density at radius 2 is 2.14 bits per heavy atom. The number of aromatic nitrogens is 4. The van der Waals surface area contributed by atoms with E-state index in [1.165, 1.54) is 12.8 Å². The first kappa shape index (κ1) is 13.9. The van der Waals surface area contributed by atoms with Crippen molar-refractivity contribution in [2.45, 2.75) is 57.4 Å². The van der Waals surface area contributed by atoms with Crippen LogP contribution in [0.15, 0.2) is 0 Å². The topological polar surface area (TPSA) is 85.2 Å². The number of hydrogen-bond donors (Lipinski definition) is 1. The van der Waals surface area contributed by atoms with E-state index in [4.69, 9.17) is 4.74 Å². The van der Waals surface area contributed by atoms with Crippen LogP contribution in [0.5, 0.6) is 0 Å². The summed E-state index contributed by atoms with van der Waals surface area (Å²) in [6, 6.07) is 0.371. The predicted molar refractivity (Wildman–Crippen MR) is 77.0 cm³/mol. The Morgan fingerprint density at radius 1 is 1.32 bits per heavy atom. The molecule has 2 saturated carbocycles. The Morgan fingerprint density at radius 3 is 2.86 bits per heavy atom. The normalized spacial score (nSPS) is 28.7. The average Bonchev–Trinajstić information content (AvgIpc) is 3.42. The van der Waals surface area contributed by atoms with Gasteiger partial charge in [0.15, 0.2) is 5.82 Å². The molecule has 2 atom stereocenters. The molecule has 0 spiro atoms. The van der Waals surface area contributed by atoms with E-state index in [0.717, 1.165) is 18.7 Å². The van der Waals surface area contributed by atoms with Crippen molar-refractivity contribution < 1.29 is 9.53 Å². The fourth-order valence-corrected chi connectivity index (χ4v) is 3.08. The number of nitrogens with one attached hydrogen (secondary N) is 1. The summed E-state index contributed by atoms with van der Waals surface area (Å²) in [4.78, 5) is 14.3. The number of amides is 2. The van der Waals surface area contributed by atoms with Crippen molar-refractivity contribution in [1.82, 2.24) is 30.4 Å². The summed E-state index contributed by atoms with van der Waals surface area (Å²) in [7, 11) is 0. The molecule has 22 heavy (non-hydrogen) atoms. The summed E-state index contributed by atoms with van der Waals surface area (Å²) < 4.78 is 7.77. The maximum absolute atomic E-state index is 12.4. The number of urea groups is 1. The zero-order valence-electron chi connectivity index (χ0n) is 12.8. The van der Waals surface area contributed by atoms with Gasteiger partial charge in [0.05, 0.1) is 24.8 Å². The summed E-state index contributed by atoms with van der Waals surface area (Å²) in [5, 5.41) is 14.7. The monoisotopic (exact) mass is 306 g/mol. The Kier molecular flexibility index (Phi) is 3.48. The quantitative estimate of drug-likeness (QED) is 0.886. The summed E-state index contributed by atoms with van der Waals surface area (Å²) >= 11 is 0. The molecule has 1 aromatic rings. The van der Waals surface area contributed by atoms with Gasteiger partial charge in [-0.05, 0) is 49.0 Å². The lowest BCUT2D eigenvalue weighted by molar-refractivity contribution is -0.0731. The second kappa shape index (κ2) is 5.49. The first-order valence-corrected chi connectivity index (χ1v) is 8.15. The molecule has 0 radical (unpaired) electrons. The fraction of sp³-hybridized carbons (Fsp3) is 0.857. The lowest BCUT2D eigenvalue weighted by Crippen LogP contribution is -2.52. The van der Waals surface area contributed by atoms with Gasteiger partial charge >= 0.3 is 6.03 Å². The molecule has 4 rings (SSSR count). The zero-order chi connectivity index (χ0) is 15.1. The molecule has 1 N–H and O–H groups in total. The third kappa shape index (κ3) is 2.92. The maximum Gasteiger partial charge on any atom is 0.317 e. The highest BCUT2D eigenvalue weighted by molar-refractivity contribution is 5.74. The minimum absolute atomic E-state index is 0.0499. The van der Waals surface area contributed by atoms with Crippen LogP contribution in [0.3, 0.4) is 0 Å². The Hall–Kier alpha value is -1.70. The summed E-state index contributed by atoms with van der Waals surface area (Å²) in [5.41, 5.74) is 0. The average molecular weight is 306 g/mol. The van der Waals surface area contributed by atoms with Crippen LogP contribution in [0.25, 0.3) is 0 Å².